The Kier molecular flexibility index (Phi) is 6.52. The molecule has 4 aromatic rings. The van der Waals surface area contributed by atoms with E-state index < -0.39 is 34.6 Å². The average Bonchev–Trinajstić information content (AvgIpc) is 2.80. The summed E-state index contributed by atoms with van der Waals surface area (Å²) in [5.74, 6) is 6.08. The zero-order valence-corrected chi connectivity index (χ0v) is 17.8. The van der Waals surface area contributed by atoms with Crippen molar-refractivity contribution in [3.8, 4) is 29.4 Å². The minimum atomic E-state index is -0.976. The molecule has 0 aromatic heterocycles. The molecule has 168 valence electrons. The summed E-state index contributed by atoms with van der Waals surface area (Å²) in [5, 5.41) is 0.480. The molecule has 0 heterocycles. The number of hydrogen-bond donors (Lipinski definition) is 0. The van der Waals surface area contributed by atoms with Crippen LogP contribution in [0.2, 0.25) is 0 Å². The third-order valence-corrected chi connectivity index (χ3v) is 4.87. The van der Waals surface area contributed by atoms with Gasteiger partial charge in [0.25, 0.3) is 0 Å². The summed E-state index contributed by atoms with van der Waals surface area (Å²) in [7, 11) is 0. The van der Waals surface area contributed by atoms with E-state index in [0.717, 1.165) is 18.2 Å². The van der Waals surface area contributed by atoms with Crippen LogP contribution in [-0.2, 0) is 0 Å². The molecule has 6 heteroatoms. The van der Waals surface area contributed by atoms with E-state index in [2.05, 4.69) is 23.7 Å². The van der Waals surface area contributed by atoms with Gasteiger partial charge < -0.3 is 4.74 Å². The predicted molar refractivity (Wildman–Crippen MR) is 120 cm³/mol. The maximum atomic E-state index is 14.5. The van der Waals surface area contributed by atoms with Gasteiger partial charge in [0.05, 0.1) is 17.7 Å². The first-order valence-electron chi connectivity index (χ1n) is 10.2. The molecular formula is C28H15F5O. The molecule has 4 aromatic carbocycles. The van der Waals surface area contributed by atoms with Gasteiger partial charge in [0.1, 0.15) is 23.2 Å². The van der Waals surface area contributed by atoms with Crippen molar-refractivity contribution in [2.24, 2.45) is 0 Å². The Bertz CT molecular complexity index is 1510. The quantitative estimate of drug-likeness (QED) is 0.237. The molecular weight excluding hydrogens is 447 g/mol. The second-order valence-corrected chi connectivity index (χ2v) is 7.19. The van der Waals surface area contributed by atoms with Gasteiger partial charge in [0.15, 0.2) is 11.6 Å². The molecule has 0 aliphatic heterocycles. The summed E-state index contributed by atoms with van der Waals surface area (Å²) in [6.07, 6.45) is 0. The first kappa shape index (κ1) is 22.9. The average molecular weight is 462 g/mol. The predicted octanol–water partition coefficient (Wildman–Crippen LogP) is 6.73. The van der Waals surface area contributed by atoms with Crippen molar-refractivity contribution in [2.45, 2.75) is 6.92 Å². The number of benzene rings is 4. The molecule has 0 radical (unpaired) electrons. The summed E-state index contributed by atoms with van der Waals surface area (Å²) in [4.78, 5) is 0. The van der Waals surface area contributed by atoms with E-state index in [0.29, 0.717) is 23.3 Å². The van der Waals surface area contributed by atoms with Crippen LogP contribution in [0.4, 0.5) is 22.0 Å². The minimum Gasteiger partial charge on any atom is -0.494 e. The van der Waals surface area contributed by atoms with Gasteiger partial charge in [-0.2, -0.15) is 0 Å². The summed E-state index contributed by atoms with van der Waals surface area (Å²) < 4.78 is 75.5. The molecule has 0 unspecified atom stereocenters. The van der Waals surface area contributed by atoms with E-state index in [1.807, 2.05) is 0 Å². The van der Waals surface area contributed by atoms with Crippen LogP contribution >= 0.6 is 0 Å². The van der Waals surface area contributed by atoms with Gasteiger partial charge in [0.2, 0.25) is 0 Å². The third kappa shape index (κ3) is 4.87. The van der Waals surface area contributed by atoms with Gasteiger partial charge >= 0.3 is 0 Å². The van der Waals surface area contributed by atoms with Gasteiger partial charge in [-0.1, -0.05) is 35.8 Å². The van der Waals surface area contributed by atoms with Gasteiger partial charge in [0, 0.05) is 22.6 Å². The Balaban J connectivity index is 1.60. The van der Waals surface area contributed by atoms with Crippen LogP contribution in [0, 0.1) is 52.8 Å². The highest BCUT2D eigenvalue weighted by Crippen LogP contribution is 2.22. The topological polar surface area (TPSA) is 9.23 Å². The second-order valence-electron chi connectivity index (χ2n) is 7.19. The largest absolute Gasteiger partial charge is 0.494 e. The van der Waals surface area contributed by atoms with Crippen LogP contribution in [-0.4, -0.2) is 6.61 Å². The van der Waals surface area contributed by atoms with Crippen LogP contribution in [0.25, 0.3) is 10.8 Å². The molecule has 0 spiro atoms. The highest BCUT2D eigenvalue weighted by molar-refractivity contribution is 5.84. The summed E-state index contributed by atoms with van der Waals surface area (Å²) in [5.41, 5.74) is -0.0341. The molecule has 4 rings (SSSR count). The van der Waals surface area contributed by atoms with Gasteiger partial charge in [-0.3, -0.25) is 0 Å². The zero-order chi connectivity index (χ0) is 24.2. The smallest absolute Gasteiger partial charge is 0.166 e. The third-order valence-electron chi connectivity index (χ3n) is 4.87. The highest BCUT2D eigenvalue weighted by Gasteiger charge is 2.10. The van der Waals surface area contributed by atoms with Crippen molar-refractivity contribution in [1.82, 2.24) is 0 Å². The van der Waals surface area contributed by atoms with Crippen molar-refractivity contribution < 1.29 is 26.7 Å². The standard InChI is InChI=1S/C28H15F5O/c1-2-34-21-9-7-19(25(30)16-21)6-3-18-14-26(31)23(27(32)15-18)11-5-17-4-10-22-20(13-17)8-12-24(29)28(22)33/h4,7-10,12-16H,2H2,1H3. The van der Waals surface area contributed by atoms with Crippen molar-refractivity contribution >= 4 is 10.8 Å². The molecule has 0 N–H and O–H groups in total. The lowest BCUT2D eigenvalue weighted by molar-refractivity contribution is 0.338. The van der Waals surface area contributed by atoms with Crippen LogP contribution in [0.3, 0.4) is 0 Å². The lowest BCUT2D eigenvalue weighted by atomic mass is 10.1. The Hall–Kier alpha value is -4.29. The van der Waals surface area contributed by atoms with Crippen LogP contribution in [0.1, 0.15) is 29.2 Å². The fourth-order valence-corrected chi connectivity index (χ4v) is 3.24. The maximum Gasteiger partial charge on any atom is 0.166 e. The minimum absolute atomic E-state index is 0.0111. The van der Waals surface area contributed by atoms with Gasteiger partial charge in [-0.25, -0.2) is 22.0 Å². The first-order chi connectivity index (χ1) is 16.4. The van der Waals surface area contributed by atoms with Crippen molar-refractivity contribution in [1.29, 1.82) is 0 Å². The zero-order valence-electron chi connectivity index (χ0n) is 17.8. The summed E-state index contributed by atoms with van der Waals surface area (Å²) >= 11 is 0. The lowest BCUT2D eigenvalue weighted by Gasteiger charge is -2.03. The van der Waals surface area contributed by atoms with Gasteiger partial charge in [-0.05, 0) is 54.8 Å². The fourth-order valence-electron chi connectivity index (χ4n) is 3.24. The number of rotatable bonds is 2. The molecule has 0 amide bonds. The molecule has 1 nitrogen and oxygen atoms in total. The molecule has 0 saturated carbocycles. The molecule has 0 saturated heterocycles. The Morgan fingerprint density at radius 2 is 1.38 bits per heavy atom. The van der Waals surface area contributed by atoms with E-state index in [4.69, 9.17) is 4.74 Å². The Morgan fingerprint density at radius 1 is 0.647 bits per heavy atom. The molecule has 0 aliphatic rings. The van der Waals surface area contributed by atoms with E-state index >= 15 is 0 Å². The fraction of sp³-hybridized carbons (Fsp3) is 0.0714. The Morgan fingerprint density at radius 3 is 2.09 bits per heavy atom. The monoisotopic (exact) mass is 462 g/mol. The van der Waals surface area contributed by atoms with E-state index in [1.54, 1.807) is 13.0 Å². The summed E-state index contributed by atoms with van der Waals surface area (Å²) in [6.45, 7) is 2.16. The highest BCUT2D eigenvalue weighted by atomic mass is 19.2. The van der Waals surface area contributed by atoms with Crippen LogP contribution in [0.5, 0.6) is 5.75 Å². The number of hydrogen-bond acceptors (Lipinski definition) is 1. The molecule has 0 aliphatic carbocycles. The first-order valence-corrected chi connectivity index (χ1v) is 10.2. The maximum absolute atomic E-state index is 14.5. The van der Waals surface area contributed by atoms with Crippen molar-refractivity contribution in [2.75, 3.05) is 6.61 Å². The number of halogens is 5. The van der Waals surface area contributed by atoms with Crippen LogP contribution in [0.15, 0.2) is 60.7 Å². The SMILES string of the molecule is CCOc1ccc(C#Cc2cc(F)c(C#Cc3ccc4c(F)c(F)ccc4c3)c(F)c2)c(F)c1. The van der Waals surface area contributed by atoms with E-state index in [9.17, 15) is 22.0 Å². The normalized spacial score (nSPS) is 10.3. The summed E-state index contributed by atoms with van der Waals surface area (Å²) in [6, 6.07) is 12.8. The van der Waals surface area contributed by atoms with Crippen molar-refractivity contribution in [3.05, 3.63) is 112 Å². The molecule has 0 bridgehead atoms. The molecule has 0 atom stereocenters. The van der Waals surface area contributed by atoms with Crippen molar-refractivity contribution in [3.63, 3.8) is 0 Å². The molecule has 0 fully saturated rings. The second kappa shape index (κ2) is 9.68. The Labute approximate surface area is 192 Å². The van der Waals surface area contributed by atoms with E-state index in [-0.39, 0.29) is 16.5 Å². The molecule has 34 heavy (non-hydrogen) atoms. The van der Waals surface area contributed by atoms with Crippen LogP contribution < -0.4 is 4.74 Å². The van der Waals surface area contributed by atoms with E-state index in [1.165, 1.54) is 36.4 Å². The van der Waals surface area contributed by atoms with Gasteiger partial charge in [-0.15, -0.1) is 0 Å². The number of fused-ring (bicyclic) bond motifs is 1. The number of ether oxygens (including phenoxy) is 1. The lowest BCUT2D eigenvalue weighted by Crippen LogP contribution is -1.94.